The number of hydrogen-bond acceptors (Lipinski definition) is 3. The first kappa shape index (κ1) is 12.0. The average Bonchev–Trinajstić information content (AvgIpc) is 2.52. The van der Waals surface area contributed by atoms with Crippen LogP contribution in [0.4, 0.5) is 0 Å². The molecule has 0 saturated carbocycles. The zero-order valence-electron chi connectivity index (χ0n) is 9.41. The van der Waals surface area contributed by atoms with E-state index in [0.29, 0.717) is 6.04 Å². The van der Waals surface area contributed by atoms with Gasteiger partial charge in [-0.3, -0.25) is 4.90 Å². The predicted molar refractivity (Wildman–Crippen MR) is 57.4 cm³/mol. The monoisotopic (exact) mass is 201 g/mol. The van der Waals surface area contributed by atoms with Gasteiger partial charge in [-0.05, 0) is 12.8 Å². The lowest BCUT2D eigenvalue weighted by molar-refractivity contribution is 0.128. The lowest BCUT2D eigenvalue weighted by atomic mass is 10.1. The SMILES string of the molecule is CCCC[C@@H]1C[C@@H](O)CN1CCOC. The summed E-state index contributed by atoms with van der Waals surface area (Å²) >= 11 is 0. The van der Waals surface area contributed by atoms with Gasteiger partial charge in [0.25, 0.3) is 0 Å². The zero-order chi connectivity index (χ0) is 10.4. The molecule has 2 atom stereocenters. The minimum Gasteiger partial charge on any atom is -0.392 e. The third kappa shape index (κ3) is 3.56. The molecule has 1 N–H and O–H groups in total. The topological polar surface area (TPSA) is 32.7 Å². The van der Waals surface area contributed by atoms with Gasteiger partial charge < -0.3 is 9.84 Å². The highest BCUT2D eigenvalue weighted by molar-refractivity contribution is 4.84. The lowest BCUT2D eigenvalue weighted by Gasteiger charge is -2.23. The van der Waals surface area contributed by atoms with Crippen molar-refractivity contribution < 1.29 is 9.84 Å². The fraction of sp³-hybridized carbons (Fsp3) is 1.00. The number of aliphatic hydroxyl groups is 1. The fourth-order valence-corrected chi connectivity index (χ4v) is 2.18. The van der Waals surface area contributed by atoms with E-state index in [1.165, 1.54) is 19.3 Å². The number of unbranched alkanes of at least 4 members (excludes halogenated alkanes) is 1. The molecule has 1 fully saturated rings. The van der Waals surface area contributed by atoms with E-state index >= 15 is 0 Å². The summed E-state index contributed by atoms with van der Waals surface area (Å²) in [5, 5.41) is 9.59. The van der Waals surface area contributed by atoms with Crippen LogP contribution in [-0.2, 0) is 4.74 Å². The minimum atomic E-state index is -0.117. The zero-order valence-corrected chi connectivity index (χ0v) is 9.41. The first-order chi connectivity index (χ1) is 6.77. The van der Waals surface area contributed by atoms with Gasteiger partial charge in [0.15, 0.2) is 0 Å². The second-order valence-electron chi connectivity index (χ2n) is 4.17. The molecule has 1 saturated heterocycles. The molecule has 0 bridgehead atoms. The number of rotatable bonds is 6. The lowest BCUT2D eigenvalue weighted by Crippen LogP contribution is -2.32. The van der Waals surface area contributed by atoms with E-state index in [4.69, 9.17) is 4.74 Å². The maximum atomic E-state index is 9.59. The number of β-amino-alcohol motifs (C(OH)–C–C–N with tert-alkyl or cyclic N) is 1. The van der Waals surface area contributed by atoms with E-state index < -0.39 is 0 Å². The molecule has 14 heavy (non-hydrogen) atoms. The Balaban J connectivity index is 2.29. The smallest absolute Gasteiger partial charge is 0.0682 e. The van der Waals surface area contributed by atoms with E-state index in [2.05, 4.69) is 11.8 Å². The van der Waals surface area contributed by atoms with Crippen molar-refractivity contribution in [1.82, 2.24) is 4.90 Å². The van der Waals surface area contributed by atoms with Crippen LogP contribution in [0.1, 0.15) is 32.6 Å². The Labute approximate surface area is 87.1 Å². The van der Waals surface area contributed by atoms with Gasteiger partial charge in [-0.2, -0.15) is 0 Å². The van der Waals surface area contributed by atoms with Crippen molar-refractivity contribution in [3.05, 3.63) is 0 Å². The van der Waals surface area contributed by atoms with E-state index in [-0.39, 0.29) is 6.10 Å². The van der Waals surface area contributed by atoms with E-state index in [9.17, 15) is 5.11 Å². The number of likely N-dealkylation sites (tertiary alicyclic amines) is 1. The predicted octanol–water partition coefficient (Wildman–Crippen LogP) is 1.26. The van der Waals surface area contributed by atoms with Crippen LogP contribution >= 0.6 is 0 Å². The van der Waals surface area contributed by atoms with Crippen LogP contribution in [0.2, 0.25) is 0 Å². The van der Waals surface area contributed by atoms with Crippen LogP contribution in [0.15, 0.2) is 0 Å². The quantitative estimate of drug-likeness (QED) is 0.702. The van der Waals surface area contributed by atoms with Crippen LogP contribution in [0.5, 0.6) is 0 Å². The van der Waals surface area contributed by atoms with Crippen molar-refractivity contribution in [2.24, 2.45) is 0 Å². The van der Waals surface area contributed by atoms with E-state index in [1.807, 2.05) is 0 Å². The van der Waals surface area contributed by atoms with Gasteiger partial charge in [-0.15, -0.1) is 0 Å². The van der Waals surface area contributed by atoms with Gasteiger partial charge >= 0.3 is 0 Å². The highest BCUT2D eigenvalue weighted by Crippen LogP contribution is 2.21. The van der Waals surface area contributed by atoms with Gasteiger partial charge in [0, 0.05) is 26.2 Å². The summed E-state index contributed by atoms with van der Waals surface area (Å²) in [6.07, 6.45) is 4.56. The van der Waals surface area contributed by atoms with Crippen molar-refractivity contribution in [2.75, 3.05) is 26.8 Å². The number of ether oxygens (including phenoxy) is 1. The molecule has 0 unspecified atom stereocenters. The molecule has 0 aromatic rings. The maximum Gasteiger partial charge on any atom is 0.0682 e. The second-order valence-corrected chi connectivity index (χ2v) is 4.17. The maximum absolute atomic E-state index is 9.59. The second kappa shape index (κ2) is 6.38. The first-order valence-electron chi connectivity index (χ1n) is 5.69. The standard InChI is InChI=1S/C11H23NO2/c1-3-4-5-10-8-11(13)9-12(10)6-7-14-2/h10-11,13H,3-9H2,1-2H3/t10-,11-/m1/s1. The highest BCUT2D eigenvalue weighted by Gasteiger charge is 2.29. The molecule has 0 aromatic heterocycles. The highest BCUT2D eigenvalue weighted by atomic mass is 16.5. The first-order valence-corrected chi connectivity index (χ1v) is 5.69. The molecular formula is C11H23NO2. The number of hydrogen-bond donors (Lipinski definition) is 1. The van der Waals surface area contributed by atoms with Gasteiger partial charge in [0.2, 0.25) is 0 Å². The molecule has 3 nitrogen and oxygen atoms in total. The normalized spacial score (nSPS) is 28.5. The van der Waals surface area contributed by atoms with Gasteiger partial charge in [0.1, 0.15) is 0 Å². The molecule has 1 heterocycles. The summed E-state index contributed by atoms with van der Waals surface area (Å²) in [7, 11) is 1.73. The average molecular weight is 201 g/mol. The number of aliphatic hydroxyl groups excluding tert-OH is 1. The Morgan fingerprint density at radius 3 is 2.93 bits per heavy atom. The Kier molecular flexibility index (Phi) is 5.45. The summed E-state index contributed by atoms with van der Waals surface area (Å²) in [5.41, 5.74) is 0. The number of nitrogens with zero attached hydrogens (tertiary/aromatic N) is 1. The molecule has 1 aliphatic heterocycles. The molecule has 3 heteroatoms. The van der Waals surface area contributed by atoms with E-state index in [0.717, 1.165) is 26.1 Å². The molecule has 0 aromatic carbocycles. The van der Waals surface area contributed by atoms with Crippen molar-refractivity contribution in [3.8, 4) is 0 Å². The van der Waals surface area contributed by atoms with Crippen molar-refractivity contribution >= 4 is 0 Å². The van der Waals surface area contributed by atoms with Crippen molar-refractivity contribution in [2.45, 2.75) is 44.8 Å². The van der Waals surface area contributed by atoms with Crippen LogP contribution in [-0.4, -0.2) is 49.0 Å². The fourth-order valence-electron chi connectivity index (χ4n) is 2.18. The summed E-state index contributed by atoms with van der Waals surface area (Å²) in [5.74, 6) is 0. The van der Waals surface area contributed by atoms with Gasteiger partial charge in [-0.1, -0.05) is 19.8 Å². The van der Waals surface area contributed by atoms with Gasteiger partial charge in [-0.25, -0.2) is 0 Å². The molecule has 0 spiro atoms. The third-order valence-electron chi connectivity index (χ3n) is 2.98. The Morgan fingerprint density at radius 1 is 1.50 bits per heavy atom. The van der Waals surface area contributed by atoms with Crippen LogP contribution in [0, 0.1) is 0 Å². The molecule has 1 aliphatic rings. The Morgan fingerprint density at radius 2 is 2.29 bits per heavy atom. The minimum absolute atomic E-state index is 0.117. The van der Waals surface area contributed by atoms with Crippen molar-refractivity contribution in [1.29, 1.82) is 0 Å². The Hall–Kier alpha value is -0.120. The van der Waals surface area contributed by atoms with Crippen molar-refractivity contribution in [3.63, 3.8) is 0 Å². The van der Waals surface area contributed by atoms with Crippen LogP contribution in [0.25, 0.3) is 0 Å². The summed E-state index contributed by atoms with van der Waals surface area (Å²) < 4.78 is 5.07. The van der Waals surface area contributed by atoms with Gasteiger partial charge in [0.05, 0.1) is 12.7 Å². The Bertz CT molecular complexity index is 136. The summed E-state index contributed by atoms with van der Waals surface area (Å²) in [6, 6.07) is 0.583. The molecule has 84 valence electrons. The van der Waals surface area contributed by atoms with E-state index in [1.54, 1.807) is 7.11 Å². The third-order valence-corrected chi connectivity index (χ3v) is 2.98. The summed E-state index contributed by atoms with van der Waals surface area (Å²) in [4.78, 5) is 2.36. The molecule has 0 radical (unpaired) electrons. The molecule has 1 rings (SSSR count). The largest absolute Gasteiger partial charge is 0.392 e. The molecule has 0 amide bonds. The van der Waals surface area contributed by atoms with Crippen LogP contribution < -0.4 is 0 Å². The molecule has 0 aliphatic carbocycles. The number of methoxy groups -OCH3 is 1. The summed E-state index contributed by atoms with van der Waals surface area (Å²) in [6.45, 7) is 4.78. The molecular weight excluding hydrogens is 178 g/mol. The van der Waals surface area contributed by atoms with Crippen LogP contribution in [0.3, 0.4) is 0 Å².